The lowest BCUT2D eigenvalue weighted by Gasteiger charge is -2.38. The fraction of sp³-hybridized carbons (Fsp3) is 0.296. The first-order valence-corrected chi connectivity index (χ1v) is 13.4. The second-order valence-corrected chi connectivity index (χ2v) is 11.1. The molecular weight excluding hydrogens is 484 g/mol. The van der Waals surface area contributed by atoms with Gasteiger partial charge in [0.05, 0.1) is 10.6 Å². The van der Waals surface area contributed by atoms with Crippen molar-refractivity contribution < 1.29 is 17.9 Å². The third-order valence-corrected chi connectivity index (χ3v) is 8.56. The van der Waals surface area contributed by atoms with Crippen molar-refractivity contribution in [1.82, 2.24) is 5.32 Å². The van der Waals surface area contributed by atoms with Crippen LogP contribution in [0.25, 0.3) is 0 Å². The molecule has 6 nitrogen and oxygen atoms in total. The molecular formula is C27H29ClN2O4S. The number of hydrogen-bond donors (Lipinski definition) is 1. The van der Waals surface area contributed by atoms with E-state index >= 15 is 0 Å². The van der Waals surface area contributed by atoms with E-state index in [1.54, 1.807) is 12.1 Å². The standard InChI is InChI=1S/C27H29ClN2O4S/c1-21-7-5-6-10-25(21)30(35(32,33)24-13-11-23(28)12-14-24)19-26(31)29-20-27(15-17-34-18-16-27)22-8-3-2-4-9-22/h2-14H,15-20H2,1H3,(H,29,31). The SMILES string of the molecule is Cc1ccccc1N(CC(=O)NCC1(c2ccccc2)CCOCC1)S(=O)(=O)c1ccc(Cl)cc1. The van der Waals surface area contributed by atoms with Crippen LogP contribution in [0.3, 0.4) is 0 Å². The van der Waals surface area contributed by atoms with Crippen LogP contribution in [0.15, 0.2) is 83.8 Å². The summed E-state index contributed by atoms with van der Waals surface area (Å²) in [6.07, 6.45) is 1.56. The highest BCUT2D eigenvalue weighted by Gasteiger charge is 2.35. The van der Waals surface area contributed by atoms with Gasteiger partial charge in [0.25, 0.3) is 10.0 Å². The zero-order valence-corrected chi connectivity index (χ0v) is 21.2. The average Bonchev–Trinajstić information content (AvgIpc) is 2.88. The van der Waals surface area contributed by atoms with Gasteiger partial charge in [-0.15, -0.1) is 0 Å². The Morgan fingerprint density at radius 1 is 0.971 bits per heavy atom. The molecule has 4 rings (SSSR count). The second-order valence-electron chi connectivity index (χ2n) is 8.79. The third kappa shape index (κ3) is 5.69. The molecule has 0 radical (unpaired) electrons. The Bertz CT molecular complexity index is 1260. The fourth-order valence-corrected chi connectivity index (χ4v) is 6.06. The lowest BCUT2D eigenvalue weighted by Crippen LogP contribution is -2.48. The van der Waals surface area contributed by atoms with Gasteiger partial charge in [-0.25, -0.2) is 8.42 Å². The maximum atomic E-state index is 13.6. The van der Waals surface area contributed by atoms with Crippen LogP contribution in [-0.2, 0) is 25.0 Å². The molecule has 0 aromatic heterocycles. The van der Waals surface area contributed by atoms with Crippen molar-refractivity contribution in [3.63, 3.8) is 0 Å². The van der Waals surface area contributed by atoms with Crippen molar-refractivity contribution in [1.29, 1.82) is 0 Å². The predicted molar refractivity (Wildman–Crippen MR) is 138 cm³/mol. The number of carbonyl (C=O) groups excluding carboxylic acids is 1. The third-order valence-electron chi connectivity index (χ3n) is 6.53. The summed E-state index contributed by atoms with van der Waals surface area (Å²) < 4.78 is 34.0. The van der Waals surface area contributed by atoms with E-state index in [0.717, 1.165) is 24.0 Å². The minimum absolute atomic E-state index is 0.0724. The van der Waals surface area contributed by atoms with E-state index in [4.69, 9.17) is 16.3 Å². The molecule has 1 saturated heterocycles. The first-order valence-electron chi connectivity index (χ1n) is 11.6. The zero-order valence-electron chi connectivity index (χ0n) is 19.6. The molecule has 35 heavy (non-hydrogen) atoms. The van der Waals surface area contributed by atoms with Crippen LogP contribution in [0, 0.1) is 6.92 Å². The second kappa shape index (κ2) is 10.8. The van der Waals surface area contributed by atoms with Crippen molar-refractivity contribution in [3.8, 4) is 0 Å². The molecule has 1 aliphatic heterocycles. The number of amides is 1. The van der Waals surface area contributed by atoms with Crippen molar-refractivity contribution in [2.24, 2.45) is 0 Å². The van der Waals surface area contributed by atoms with E-state index in [1.807, 2.05) is 37.3 Å². The Kier molecular flexibility index (Phi) is 7.79. The van der Waals surface area contributed by atoms with Gasteiger partial charge in [0.15, 0.2) is 0 Å². The van der Waals surface area contributed by atoms with Crippen molar-refractivity contribution >= 4 is 33.2 Å². The summed E-state index contributed by atoms with van der Waals surface area (Å²) in [6.45, 7) is 3.12. The van der Waals surface area contributed by atoms with Gasteiger partial charge in [-0.05, 0) is 61.2 Å². The van der Waals surface area contributed by atoms with Gasteiger partial charge >= 0.3 is 0 Å². The number of benzene rings is 3. The normalized spacial score (nSPS) is 15.4. The van der Waals surface area contributed by atoms with Gasteiger partial charge in [-0.2, -0.15) is 0 Å². The first-order chi connectivity index (χ1) is 16.8. The predicted octanol–water partition coefficient (Wildman–Crippen LogP) is 4.71. The van der Waals surface area contributed by atoms with Gasteiger partial charge in [0, 0.05) is 30.2 Å². The highest BCUT2D eigenvalue weighted by Crippen LogP contribution is 2.34. The van der Waals surface area contributed by atoms with Crippen molar-refractivity contribution in [3.05, 3.63) is 95.0 Å². The van der Waals surface area contributed by atoms with Crippen LogP contribution in [0.5, 0.6) is 0 Å². The average molecular weight is 513 g/mol. The largest absolute Gasteiger partial charge is 0.381 e. The minimum atomic E-state index is -4.01. The lowest BCUT2D eigenvalue weighted by molar-refractivity contribution is -0.120. The minimum Gasteiger partial charge on any atom is -0.381 e. The van der Waals surface area contributed by atoms with E-state index in [-0.39, 0.29) is 22.8 Å². The van der Waals surface area contributed by atoms with Gasteiger partial charge < -0.3 is 10.1 Å². The van der Waals surface area contributed by atoms with Gasteiger partial charge in [-0.1, -0.05) is 60.1 Å². The number of aryl methyl sites for hydroxylation is 1. The van der Waals surface area contributed by atoms with Gasteiger partial charge in [0.2, 0.25) is 5.91 Å². The molecule has 0 unspecified atom stereocenters. The van der Waals surface area contributed by atoms with Crippen LogP contribution in [0.4, 0.5) is 5.69 Å². The van der Waals surface area contributed by atoms with Gasteiger partial charge in [-0.3, -0.25) is 9.10 Å². The summed E-state index contributed by atoms with van der Waals surface area (Å²) in [7, 11) is -4.01. The van der Waals surface area contributed by atoms with Crippen LogP contribution in [0.1, 0.15) is 24.0 Å². The van der Waals surface area contributed by atoms with Crippen LogP contribution < -0.4 is 9.62 Å². The lowest BCUT2D eigenvalue weighted by atomic mass is 9.74. The summed E-state index contributed by atoms with van der Waals surface area (Å²) in [4.78, 5) is 13.3. The van der Waals surface area contributed by atoms with Crippen molar-refractivity contribution in [2.75, 3.05) is 30.6 Å². The monoisotopic (exact) mass is 512 g/mol. The number of rotatable bonds is 8. The number of nitrogens with one attached hydrogen (secondary N) is 1. The first kappa shape index (κ1) is 25.2. The molecule has 0 bridgehead atoms. The molecule has 1 amide bonds. The Hall–Kier alpha value is -2.87. The smallest absolute Gasteiger partial charge is 0.264 e. The zero-order chi connectivity index (χ0) is 24.9. The Morgan fingerprint density at radius 2 is 1.60 bits per heavy atom. The number of para-hydroxylation sites is 1. The highest BCUT2D eigenvalue weighted by molar-refractivity contribution is 7.92. The summed E-state index contributed by atoms with van der Waals surface area (Å²) in [6, 6.07) is 23.2. The molecule has 1 heterocycles. The Balaban J connectivity index is 1.59. The molecule has 3 aromatic carbocycles. The fourth-order valence-electron chi connectivity index (χ4n) is 4.45. The number of sulfonamides is 1. The van der Waals surface area contributed by atoms with Gasteiger partial charge in [0.1, 0.15) is 6.54 Å². The summed E-state index contributed by atoms with van der Waals surface area (Å²) in [5.74, 6) is -0.368. The highest BCUT2D eigenvalue weighted by atomic mass is 35.5. The molecule has 1 fully saturated rings. The summed E-state index contributed by atoms with van der Waals surface area (Å²) in [5.41, 5.74) is 2.11. The molecule has 0 spiro atoms. The summed E-state index contributed by atoms with van der Waals surface area (Å²) in [5, 5.41) is 3.46. The molecule has 184 valence electrons. The Morgan fingerprint density at radius 3 is 2.26 bits per heavy atom. The van der Waals surface area contributed by atoms with Crippen molar-refractivity contribution in [2.45, 2.75) is 30.1 Å². The van der Waals surface area contributed by atoms with E-state index in [9.17, 15) is 13.2 Å². The number of halogens is 1. The van der Waals surface area contributed by atoms with E-state index in [0.29, 0.717) is 30.5 Å². The van der Waals surface area contributed by atoms with Crippen LogP contribution in [0.2, 0.25) is 5.02 Å². The van der Waals surface area contributed by atoms with E-state index in [2.05, 4.69) is 17.4 Å². The topological polar surface area (TPSA) is 75.7 Å². The quantitative estimate of drug-likeness (QED) is 0.474. The number of ether oxygens (including phenoxy) is 1. The number of anilines is 1. The molecule has 0 atom stereocenters. The molecule has 0 saturated carbocycles. The number of carbonyl (C=O) groups is 1. The molecule has 1 N–H and O–H groups in total. The number of nitrogens with zero attached hydrogens (tertiary/aromatic N) is 1. The van der Waals surface area contributed by atoms with E-state index < -0.39 is 10.0 Å². The molecule has 0 aliphatic carbocycles. The molecule has 3 aromatic rings. The Labute approximate surface area is 211 Å². The van der Waals surface area contributed by atoms with Crippen LogP contribution in [-0.4, -0.2) is 40.6 Å². The maximum Gasteiger partial charge on any atom is 0.264 e. The maximum absolute atomic E-state index is 13.6. The summed E-state index contributed by atoms with van der Waals surface area (Å²) >= 11 is 5.97. The molecule has 8 heteroatoms. The molecule has 1 aliphatic rings. The number of hydrogen-bond acceptors (Lipinski definition) is 4. The van der Waals surface area contributed by atoms with Crippen LogP contribution >= 0.6 is 11.6 Å². The van der Waals surface area contributed by atoms with E-state index in [1.165, 1.54) is 28.6 Å².